The first kappa shape index (κ1) is 13.8. The van der Waals surface area contributed by atoms with Crippen molar-refractivity contribution in [3.63, 3.8) is 0 Å². The SMILES string of the molecule is CCc1cc(/C=C(\NC(C)=O)C(=O)O)ccc1N. The van der Waals surface area contributed by atoms with E-state index in [1.54, 1.807) is 18.2 Å². The Morgan fingerprint density at radius 3 is 2.61 bits per heavy atom. The number of carboxylic acid groups (broad SMARTS) is 1. The van der Waals surface area contributed by atoms with E-state index in [1.165, 1.54) is 13.0 Å². The van der Waals surface area contributed by atoms with Crippen LogP contribution in [0.5, 0.6) is 0 Å². The summed E-state index contributed by atoms with van der Waals surface area (Å²) >= 11 is 0. The van der Waals surface area contributed by atoms with Gasteiger partial charge in [-0.2, -0.15) is 0 Å². The maximum atomic E-state index is 11.0. The molecule has 5 nitrogen and oxygen atoms in total. The maximum absolute atomic E-state index is 11.0. The molecule has 18 heavy (non-hydrogen) atoms. The van der Waals surface area contributed by atoms with Gasteiger partial charge in [-0.05, 0) is 35.8 Å². The largest absolute Gasteiger partial charge is 0.477 e. The van der Waals surface area contributed by atoms with Gasteiger partial charge in [0.25, 0.3) is 0 Å². The van der Waals surface area contributed by atoms with Gasteiger partial charge in [-0.1, -0.05) is 13.0 Å². The van der Waals surface area contributed by atoms with Gasteiger partial charge in [0.2, 0.25) is 5.91 Å². The molecule has 1 rings (SSSR count). The summed E-state index contributed by atoms with van der Waals surface area (Å²) in [4.78, 5) is 21.8. The van der Waals surface area contributed by atoms with Crippen LogP contribution in [-0.2, 0) is 16.0 Å². The zero-order chi connectivity index (χ0) is 13.7. The number of carboxylic acids is 1. The molecular formula is C13H16N2O3. The standard InChI is InChI=1S/C13H16N2O3/c1-3-10-6-9(4-5-11(10)14)7-12(13(17)18)15-8(2)16/h4-7H,3,14H2,1-2H3,(H,15,16)(H,17,18)/b12-7-. The molecule has 0 fully saturated rings. The van der Waals surface area contributed by atoms with Crippen molar-refractivity contribution in [2.24, 2.45) is 0 Å². The number of anilines is 1. The van der Waals surface area contributed by atoms with Crippen LogP contribution in [0, 0.1) is 0 Å². The van der Waals surface area contributed by atoms with Crippen LogP contribution in [0.1, 0.15) is 25.0 Å². The van der Waals surface area contributed by atoms with Gasteiger partial charge in [-0.15, -0.1) is 0 Å². The third-order valence-corrected chi connectivity index (χ3v) is 2.40. The molecule has 1 aromatic carbocycles. The minimum absolute atomic E-state index is 0.158. The molecule has 0 saturated carbocycles. The Morgan fingerprint density at radius 2 is 2.11 bits per heavy atom. The lowest BCUT2D eigenvalue weighted by Crippen LogP contribution is -2.24. The fraction of sp³-hybridized carbons (Fsp3) is 0.231. The number of rotatable bonds is 4. The molecule has 0 spiro atoms. The van der Waals surface area contributed by atoms with Crippen LogP contribution in [0.15, 0.2) is 23.9 Å². The zero-order valence-corrected chi connectivity index (χ0v) is 10.4. The molecule has 0 unspecified atom stereocenters. The molecule has 0 atom stereocenters. The highest BCUT2D eigenvalue weighted by molar-refractivity contribution is 5.96. The molecule has 0 saturated heterocycles. The predicted molar refractivity (Wildman–Crippen MR) is 69.7 cm³/mol. The molecule has 1 aromatic rings. The molecule has 0 aliphatic rings. The number of benzene rings is 1. The summed E-state index contributed by atoms with van der Waals surface area (Å²) in [7, 11) is 0. The number of aliphatic carboxylic acids is 1. The predicted octanol–water partition coefficient (Wildman–Crippen LogP) is 1.39. The van der Waals surface area contributed by atoms with Gasteiger partial charge in [0, 0.05) is 12.6 Å². The smallest absolute Gasteiger partial charge is 0.352 e. The number of carbonyl (C=O) groups excluding carboxylic acids is 1. The second-order valence-corrected chi connectivity index (χ2v) is 3.86. The Balaban J connectivity index is 3.11. The minimum atomic E-state index is -1.18. The van der Waals surface area contributed by atoms with E-state index in [1.807, 2.05) is 6.92 Å². The van der Waals surface area contributed by atoms with Gasteiger partial charge in [0.05, 0.1) is 0 Å². The van der Waals surface area contributed by atoms with Crippen LogP contribution >= 0.6 is 0 Å². The maximum Gasteiger partial charge on any atom is 0.352 e. The number of nitrogens with one attached hydrogen (secondary N) is 1. The third kappa shape index (κ3) is 3.62. The van der Waals surface area contributed by atoms with Gasteiger partial charge < -0.3 is 16.2 Å². The van der Waals surface area contributed by atoms with Crippen molar-refractivity contribution in [2.75, 3.05) is 5.73 Å². The lowest BCUT2D eigenvalue weighted by Gasteiger charge is -2.06. The van der Waals surface area contributed by atoms with Crippen LogP contribution < -0.4 is 11.1 Å². The van der Waals surface area contributed by atoms with Crippen molar-refractivity contribution in [3.05, 3.63) is 35.0 Å². The summed E-state index contributed by atoms with van der Waals surface area (Å²) in [6.07, 6.45) is 2.17. The van der Waals surface area contributed by atoms with Crippen LogP contribution in [0.2, 0.25) is 0 Å². The van der Waals surface area contributed by atoms with Crippen molar-refractivity contribution in [3.8, 4) is 0 Å². The molecule has 1 amide bonds. The topological polar surface area (TPSA) is 92.4 Å². The third-order valence-electron chi connectivity index (χ3n) is 2.40. The zero-order valence-electron chi connectivity index (χ0n) is 10.4. The average Bonchev–Trinajstić information content (AvgIpc) is 2.29. The molecule has 0 aliphatic carbocycles. The van der Waals surface area contributed by atoms with Gasteiger partial charge in [0.1, 0.15) is 5.70 Å². The van der Waals surface area contributed by atoms with Gasteiger partial charge in [0.15, 0.2) is 0 Å². The van der Waals surface area contributed by atoms with Crippen LogP contribution in [-0.4, -0.2) is 17.0 Å². The highest BCUT2D eigenvalue weighted by Gasteiger charge is 2.09. The van der Waals surface area contributed by atoms with Crippen molar-refractivity contribution >= 4 is 23.6 Å². The van der Waals surface area contributed by atoms with Gasteiger partial charge in [-0.3, -0.25) is 4.79 Å². The van der Waals surface area contributed by atoms with E-state index in [-0.39, 0.29) is 5.70 Å². The highest BCUT2D eigenvalue weighted by atomic mass is 16.4. The number of carbonyl (C=O) groups is 2. The molecule has 96 valence electrons. The second-order valence-electron chi connectivity index (χ2n) is 3.86. The van der Waals surface area contributed by atoms with Crippen molar-refractivity contribution in [1.82, 2.24) is 5.32 Å². The number of nitrogens with two attached hydrogens (primary N) is 1. The van der Waals surface area contributed by atoms with Crippen LogP contribution in [0.25, 0.3) is 6.08 Å². The first-order chi connectivity index (χ1) is 8.43. The summed E-state index contributed by atoms with van der Waals surface area (Å²) < 4.78 is 0. The van der Waals surface area contributed by atoms with E-state index in [2.05, 4.69) is 5.32 Å². The van der Waals surface area contributed by atoms with E-state index in [4.69, 9.17) is 10.8 Å². The lowest BCUT2D eigenvalue weighted by molar-refractivity contribution is -0.134. The first-order valence-electron chi connectivity index (χ1n) is 5.55. The Labute approximate surface area is 105 Å². The normalized spacial score (nSPS) is 11.1. The van der Waals surface area contributed by atoms with Crippen molar-refractivity contribution in [2.45, 2.75) is 20.3 Å². The summed E-state index contributed by atoms with van der Waals surface area (Å²) in [5, 5.41) is 11.2. The van der Waals surface area contributed by atoms with E-state index < -0.39 is 11.9 Å². The van der Waals surface area contributed by atoms with Crippen molar-refractivity contribution < 1.29 is 14.7 Å². The molecule has 0 heterocycles. The lowest BCUT2D eigenvalue weighted by atomic mass is 10.1. The number of aryl methyl sites for hydroxylation is 1. The van der Waals surface area contributed by atoms with E-state index in [0.717, 1.165) is 12.0 Å². The van der Waals surface area contributed by atoms with Gasteiger partial charge in [-0.25, -0.2) is 4.79 Å². The highest BCUT2D eigenvalue weighted by Crippen LogP contribution is 2.16. The summed E-state index contributed by atoms with van der Waals surface area (Å²) in [6.45, 7) is 3.22. The van der Waals surface area contributed by atoms with Crippen LogP contribution in [0.4, 0.5) is 5.69 Å². The van der Waals surface area contributed by atoms with Crippen molar-refractivity contribution in [1.29, 1.82) is 0 Å². The number of hydrogen-bond donors (Lipinski definition) is 3. The minimum Gasteiger partial charge on any atom is -0.477 e. The summed E-state index contributed by atoms with van der Waals surface area (Å²) in [6, 6.07) is 5.23. The molecule has 4 N–H and O–H groups in total. The summed E-state index contributed by atoms with van der Waals surface area (Å²) in [5.41, 5.74) is 7.91. The Morgan fingerprint density at radius 1 is 1.44 bits per heavy atom. The molecular weight excluding hydrogens is 232 g/mol. The molecule has 0 bridgehead atoms. The number of amides is 1. The molecule has 0 aromatic heterocycles. The molecule has 5 heteroatoms. The van der Waals surface area contributed by atoms with Crippen LogP contribution in [0.3, 0.4) is 0 Å². The Bertz CT molecular complexity index is 507. The second kappa shape index (κ2) is 5.86. The fourth-order valence-corrected chi connectivity index (χ4v) is 1.53. The fourth-order valence-electron chi connectivity index (χ4n) is 1.53. The average molecular weight is 248 g/mol. The van der Waals surface area contributed by atoms with Gasteiger partial charge >= 0.3 is 5.97 Å². The quantitative estimate of drug-likeness (QED) is 0.554. The van der Waals surface area contributed by atoms with E-state index in [9.17, 15) is 9.59 Å². The summed E-state index contributed by atoms with van der Waals surface area (Å²) in [5.74, 6) is -1.60. The first-order valence-corrected chi connectivity index (χ1v) is 5.55. The number of hydrogen-bond acceptors (Lipinski definition) is 3. The Kier molecular flexibility index (Phi) is 4.48. The monoisotopic (exact) mass is 248 g/mol. The number of nitrogen functional groups attached to an aromatic ring is 1. The molecule has 0 radical (unpaired) electrons. The van der Waals surface area contributed by atoms with E-state index >= 15 is 0 Å². The Hall–Kier alpha value is -2.30. The molecule has 0 aliphatic heterocycles. The van der Waals surface area contributed by atoms with E-state index in [0.29, 0.717) is 11.3 Å².